The Bertz CT molecular complexity index is 355. The Labute approximate surface area is 101 Å². The van der Waals surface area contributed by atoms with E-state index in [0.717, 1.165) is 26.2 Å². The molecule has 2 rings (SSSR count). The molecule has 2 atom stereocenters. The van der Waals surface area contributed by atoms with Gasteiger partial charge in [0.1, 0.15) is 0 Å². The average molecular weight is 240 g/mol. The van der Waals surface area contributed by atoms with Crippen molar-refractivity contribution in [2.45, 2.75) is 26.0 Å². The predicted molar refractivity (Wildman–Crippen MR) is 62.7 cm³/mol. The first kappa shape index (κ1) is 12.5. The zero-order chi connectivity index (χ0) is 12.3. The molecule has 6 nitrogen and oxygen atoms in total. The Hall–Kier alpha value is -0.980. The zero-order valence-corrected chi connectivity index (χ0v) is 10.6. The van der Waals surface area contributed by atoms with Crippen molar-refractivity contribution in [3.05, 3.63) is 11.7 Å². The molecule has 0 spiro atoms. The highest BCUT2D eigenvalue weighted by molar-refractivity contribution is 4.89. The third kappa shape index (κ3) is 3.49. The maximum atomic E-state index is 5.67. The molecule has 1 aliphatic heterocycles. The van der Waals surface area contributed by atoms with Gasteiger partial charge in [-0.15, -0.1) is 0 Å². The average Bonchev–Trinajstić information content (AvgIpc) is 2.73. The molecule has 1 aromatic heterocycles. The van der Waals surface area contributed by atoms with Gasteiger partial charge in [-0.3, -0.25) is 0 Å². The lowest BCUT2D eigenvalue weighted by Crippen LogP contribution is -2.45. The fraction of sp³-hybridized carbons (Fsp3) is 0.818. The molecular weight excluding hydrogens is 220 g/mol. The van der Waals surface area contributed by atoms with Crippen LogP contribution in [0.15, 0.2) is 4.52 Å². The summed E-state index contributed by atoms with van der Waals surface area (Å²) in [5.41, 5.74) is 0. The van der Waals surface area contributed by atoms with Crippen molar-refractivity contribution < 1.29 is 9.26 Å². The van der Waals surface area contributed by atoms with E-state index in [1.807, 2.05) is 13.8 Å². The van der Waals surface area contributed by atoms with Crippen LogP contribution in [0, 0.1) is 6.92 Å². The number of ether oxygens (including phenoxy) is 1. The van der Waals surface area contributed by atoms with Gasteiger partial charge in [0.15, 0.2) is 5.82 Å². The summed E-state index contributed by atoms with van der Waals surface area (Å²) < 4.78 is 10.8. The van der Waals surface area contributed by atoms with Crippen molar-refractivity contribution in [1.82, 2.24) is 20.4 Å². The minimum absolute atomic E-state index is 0.0621. The molecule has 0 saturated carbocycles. The van der Waals surface area contributed by atoms with Crippen LogP contribution >= 0.6 is 0 Å². The monoisotopic (exact) mass is 240 g/mol. The van der Waals surface area contributed by atoms with E-state index in [9.17, 15) is 0 Å². The molecule has 1 aliphatic rings. The highest BCUT2D eigenvalue weighted by Crippen LogP contribution is 2.10. The van der Waals surface area contributed by atoms with Crippen molar-refractivity contribution in [1.29, 1.82) is 0 Å². The van der Waals surface area contributed by atoms with Crippen LogP contribution in [0.1, 0.15) is 24.7 Å². The molecule has 1 saturated heterocycles. The lowest BCUT2D eigenvalue weighted by atomic mass is 10.2. The summed E-state index contributed by atoms with van der Waals surface area (Å²) in [4.78, 5) is 6.47. The van der Waals surface area contributed by atoms with Crippen molar-refractivity contribution >= 4 is 0 Å². The van der Waals surface area contributed by atoms with Gasteiger partial charge >= 0.3 is 0 Å². The van der Waals surface area contributed by atoms with Gasteiger partial charge in [-0.2, -0.15) is 4.98 Å². The number of nitrogens with one attached hydrogen (secondary N) is 1. The zero-order valence-electron chi connectivity index (χ0n) is 10.6. The molecule has 96 valence electrons. The van der Waals surface area contributed by atoms with E-state index in [1.165, 1.54) is 0 Å². The second-order valence-electron chi connectivity index (χ2n) is 4.56. The Balaban J connectivity index is 1.77. The summed E-state index contributed by atoms with van der Waals surface area (Å²) in [6.07, 6.45) is 0.236. The molecule has 17 heavy (non-hydrogen) atoms. The third-order valence-corrected chi connectivity index (χ3v) is 2.91. The summed E-state index contributed by atoms with van der Waals surface area (Å²) in [6, 6.07) is 0.0621. The molecule has 2 heterocycles. The number of rotatable bonds is 4. The molecule has 0 bridgehead atoms. The molecule has 0 amide bonds. The first-order chi connectivity index (χ1) is 8.15. The summed E-state index contributed by atoms with van der Waals surface area (Å²) >= 11 is 0. The first-order valence-electron chi connectivity index (χ1n) is 5.99. The van der Waals surface area contributed by atoms with Gasteiger partial charge in [-0.25, -0.2) is 0 Å². The minimum Gasteiger partial charge on any atom is -0.374 e. The molecule has 1 fully saturated rings. The number of nitrogens with zero attached hydrogens (tertiary/aromatic N) is 3. The Morgan fingerprint density at radius 3 is 3.06 bits per heavy atom. The second kappa shape index (κ2) is 5.57. The van der Waals surface area contributed by atoms with Gasteiger partial charge in [0, 0.05) is 19.6 Å². The summed E-state index contributed by atoms with van der Waals surface area (Å²) in [5, 5.41) is 7.13. The summed E-state index contributed by atoms with van der Waals surface area (Å²) in [5.74, 6) is 1.30. The molecular formula is C11H20N4O2. The Morgan fingerprint density at radius 1 is 1.59 bits per heavy atom. The van der Waals surface area contributed by atoms with Crippen LogP contribution in [-0.4, -0.2) is 54.4 Å². The van der Waals surface area contributed by atoms with Crippen LogP contribution in [0.3, 0.4) is 0 Å². The SMILES string of the molecule is Cc1noc([C@@H](C)NC[C@@H]2CN(C)CCO2)n1. The first-order valence-corrected chi connectivity index (χ1v) is 5.99. The smallest absolute Gasteiger partial charge is 0.243 e. The molecule has 0 aromatic carbocycles. The van der Waals surface area contributed by atoms with Gasteiger partial charge in [0.05, 0.1) is 18.8 Å². The van der Waals surface area contributed by atoms with Crippen LogP contribution in [-0.2, 0) is 4.74 Å². The van der Waals surface area contributed by atoms with E-state index in [4.69, 9.17) is 9.26 Å². The van der Waals surface area contributed by atoms with Gasteiger partial charge in [-0.05, 0) is 20.9 Å². The van der Waals surface area contributed by atoms with Crippen LogP contribution in [0.25, 0.3) is 0 Å². The number of likely N-dealkylation sites (N-methyl/N-ethyl adjacent to an activating group) is 1. The second-order valence-corrected chi connectivity index (χ2v) is 4.56. The normalized spacial score (nSPS) is 23.8. The predicted octanol–water partition coefficient (Wildman–Crippen LogP) is 0.359. The Morgan fingerprint density at radius 2 is 2.41 bits per heavy atom. The van der Waals surface area contributed by atoms with Crippen molar-refractivity contribution in [2.75, 3.05) is 33.3 Å². The summed E-state index contributed by atoms with van der Waals surface area (Å²) in [6.45, 7) is 7.40. The van der Waals surface area contributed by atoms with Crippen molar-refractivity contribution in [2.24, 2.45) is 0 Å². The standard InChI is InChI=1S/C11H20N4O2/c1-8(11-13-9(2)14-17-11)12-6-10-7-15(3)4-5-16-10/h8,10,12H,4-7H2,1-3H3/t8-,10-/m1/s1. The topological polar surface area (TPSA) is 63.4 Å². The highest BCUT2D eigenvalue weighted by Gasteiger charge is 2.19. The van der Waals surface area contributed by atoms with Gasteiger partial charge < -0.3 is 19.5 Å². The number of hydrogen-bond donors (Lipinski definition) is 1. The molecule has 1 aromatic rings. The molecule has 0 radical (unpaired) electrons. The van der Waals surface area contributed by atoms with Crippen LogP contribution < -0.4 is 5.32 Å². The summed E-state index contributed by atoms with van der Waals surface area (Å²) in [7, 11) is 2.11. The fourth-order valence-corrected chi connectivity index (χ4v) is 1.87. The molecule has 0 aliphatic carbocycles. The molecule has 6 heteroatoms. The largest absolute Gasteiger partial charge is 0.374 e. The van der Waals surface area contributed by atoms with Gasteiger partial charge in [-0.1, -0.05) is 5.16 Å². The Kier molecular flexibility index (Phi) is 4.09. The number of morpholine rings is 1. The van der Waals surface area contributed by atoms with Crippen LogP contribution in [0.4, 0.5) is 0 Å². The third-order valence-electron chi connectivity index (χ3n) is 2.91. The van der Waals surface area contributed by atoms with Crippen molar-refractivity contribution in [3.8, 4) is 0 Å². The number of aryl methyl sites for hydroxylation is 1. The van der Waals surface area contributed by atoms with Crippen LogP contribution in [0.5, 0.6) is 0 Å². The quantitative estimate of drug-likeness (QED) is 0.820. The van der Waals surface area contributed by atoms with Crippen molar-refractivity contribution in [3.63, 3.8) is 0 Å². The highest BCUT2D eigenvalue weighted by atomic mass is 16.5. The maximum absolute atomic E-state index is 5.67. The van der Waals surface area contributed by atoms with E-state index in [-0.39, 0.29) is 12.1 Å². The lowest BCUT2D eigenvalue weighted by Gasteiger charge is -2.30. The van der Waals surface area contributed by atoms with E-state index in [0.29, 0.717) is 11.7 Å². The number of hydrogen-bond acceptors (Lipinski definition) is 6. The van der Waals surface area contributed by atoms with Gasteiger partial charge in [0.25, 0.3) is 0 Å². The lowest BCUT2D eigenvalue weighted by molar-refractivity contribution is -0.0194. The van der Waals surface area contributed by atoms with Gasteiger partial charge in [0.2, 0.25) is 5.89 Å². The van der Waals surface area contributed by atoms with E-state index in [1.54, 1.807) is 0 Å². The fourth-order valence-electron chi connectivity index (χ4n) is 1.87. The van der Waals surface area contributed by atoms with E-state index >= 15 is 0 Å². The molecule has 0 unspecified atom stereocenters. The van der Waals surface area contributed by atoms with E-state index < -0.39 is 0 Å². The van der Waals surface area contributed by atoms with E-state index in [2.05, 4.69) is 27.4 Å². The number of aromatic nitrogens is 2. The van der Waals surface area contributed by atoms with Crippen LogP contribution in [0.2, 0.25) is 0 Å². The minimum atomic E-state index is 0.0621. The molecule has 1 N–H and O–H groups in total. The maximum Gasteiger partial charge on any atom is 0.243 e.